The van der Waals surface area contributed by atoms with Crippen molar-refractivity contribution in [2.75, 3.05) is 0 Å². The van der Waals surface area contributed by atoms with Gasteiger partial charge in [0.1, 0.15) is 0 Å². The molecule has 1 heteroatoms. The molecule has 0 heterocycles. The van der Waals surface area contributed by atoms with Crippen LogP contribution in [0.3, 0.4) is 0 Å². The molecule has 0 bridgehead atoms. The molecule has 1 N–H and O–H groups in total. The first kappa shape index (κ1) is 46.9. The molecule has 0 spiro atoms. The van der Waals surface area contributed by atoms with Crippen molar-refractivity contribution in [2.45, 2.75) is 267 Å². The van der Waals surface area contributed by atoms with Gasteiger partial charge in [0, 0.05) is 0 Å². The van der Waals surface area contributed by atoms with Crippen LogP contribution < -0.4 is 0 Å². The lowest BCUT2D eigenvalue weighted by Gasteiger charge is -2.42. The molecule has 7 fully saturated rings. The van der Waals surface area contributed by atoms with Crippen LogP contribution in [0, 0.1) is 99.1 Å². The van der Waals surface area contributed by atoms with Gasteiger partial charge in [0.05, 0.1) is 6.10 Å². The van der Waals surface area contributed by atoms with Crippen molar-refractivity contribution >= 4 is 0 Å². The number of hydrogen-bond donors (Lipinski definition) is 1. The molecule has 342 valence electrons. The third-order valence-electron chi connectivity index (χ3n) is 21.2. The van der Waals surface area contributed by atoms with E-state index in [2.05, 4.69) is 55.4 Å². The van der Waals surface area contributed by atoms with Gasteiger partial charge >= 0.3 is 0 Å². The molecule has 9 unspecified atom stereocenters. The molecular weight excluding hydrogens is 713 g/mol. The summed E-state index contributed by atoms with van der Waals surface area (Å²) in [4.78, 5) is 0. The molecule has 0 aromatic heterocycles. The maximum absolute atomic E-state index is 11.3. The summed E-state index contributed by atoms with van der Waals surface area (Å²) in [6, 6.07) is 0. The van der Waals surface area contributed by atoms with Crippen LogP contribution in [-0.4, -0.2) is 11.2 Å². The Balaban J connectivity index is 0.887. The van der Waals surface area contributed by atoms with E-state index in [1.165, 1.54) is 89.9 Å². The van der Waals surface area contributed by atoms with Crippen molar-refractivity contribution in [1.82, 2.24) is 0 Å². The van der Waals surface area contributed by atoms with Crippen LogP contribution in [0.15, 0.2) is 0 Å². The van der Waals surface area contributed by atoms with E-state index in [1.54, 1.807) is 109 Å². The predicted octanol–water partition coefficient (Wildman–Crippen LogP) is 17.7. The molecular formula is C58H104O. The fraction of sp³-hybridized carbons (Fsp3) is 1.00. The maximum Gasteiger partial charge on any atom is 0.0565 e. The van der Waals surface area contributed by atoms with Gasteiger partial charge in [0.25, 0.3) is 0 Å². The first-order valence-corrected chi connectivity index (χ1v) is 27.9. The van der Waals surface area contributed by atoms with Crippen LogP contribution in [0.1, 0.15) is 261 Å². The third-order valence-corrected chi connectivity index (χ3v) is 21.2. The van der Waals surface area contributed by atoms with Crippen LogP contribution in [0.25, 0.3) is 0 Å². The largest absolute Gasteiger partial charge is 0.393 e. The summed E-state index contributed by atoms with van der Waals surface area (Å²) in [5.74, 6) is 13.1. The molecule has 0 saturated heterocycles. The average molecular weight is 817 g/mol. The predicted molar refractivity (Wildman–Crippen MR) is 255 cm³/mol. The van der Waals surface area contributed by atoms with Crippen molar-refractivity contribution < 1.29 is 5.11 Å². The van der Waals surface area contributed by atoms with E-state index in [0.717, 1.165) is 88.8 Å². The number of hydrogen-bond acceptors (Lipinski definition) is 1. The summed E-state index contributed by atoms with van der Waals surface area (Å²) >= 11 is 0. The molecule has 9 atom stereocenters. The van der Waals surface area contributed by atoms with Gasteiger partial charge in [-0.25, -0.2) is 0 Å². The second kappa shape index (κ2) is 20.9. The smallest absolute Gasteiger partial charge is 0.0565 e. The average Bonchev–Trinajstić information content (AvgIpc) is 4.08. The molecule has 7 saturated carbocycles. The van der Waals surface area contributed by atoms with Gasteiger partial charge in [-0.3, -0.25) is 0 Å². The van der Waals surface area contributed by atoms with Crippen LogP contribution >= 0.6 is 0 Å². The number of rotatable bonds is 23. The third kappa shape index (κ3) is 13.3. The van der Waals surface area contributed by atoms with Crippen LogP contribution in [0.2, 0.25) is 0 Å². The molecule has 59 heavy (non-hydrogen) atoms. The Morgan fingerprint density at radius 1 is 0.627 bits per heavy atom. The highest BCUT2D eigenvalue weighted by Gasteiger charge is 2.53. The first-order chi connectivity index (χ1) is 28.2. The van der Waals surface area contributed by atoms with Crippen molar-refractivity contribution in [1.29, 1.82) is 0 Å². The normalized spacial score (nSPS) is 36.8. The van der Waals surface area contributed by atoms with E-state index >= 15 is 0 Å². The van der Waals surface area contributed by atoms with Crippen LogP contribution in [-0.2, 0) is 0 Å². The minimum absolute atomic E-state index is 0.0956. The monoisotopic (exact) mass is 817 g/mol. The molecule has 7 aliphatic carbocycles. The standard InChI is InChI=1S/C58H104O/c1-9-56(7,8)28-12-15-47-36-48(38-49(37-47)39-57(29-30-57)54-26-22-51(23-27-54)50-20-21-50)35-45-18-24-53(25-19-45)58(31-32-58)40-52(44(6)41(2)3)16-11-17-55(59)43(5)34-46-14-10-13-42(4)33-46/h41-55,59H,9-40H2,1-8H3. The van der Waals surface area contributed by atoms with Gasteiger partial charge < -0.3 is 5.11 Å². The molecule has 0 aromatic rings. The van der Waals surface area contributed by atoms with Gasteiger partial charge in [0.15, 0.2) is 0 Å². The van der Waals surface area contributed by atoms with Crippen molar-refractivity contribution in [3.8, 4) is 0 Å². The minimum Gasteiger partial charge on any atom is -0.393 e. The highest BCUT2D eigenvalue weighted by molar-refractivity contribution is 5.04. The zero-order chi connectivity index (χ0) is 41.8. The van der Waals surface area contributed by atoms with Gasteiger partial charge in [-0.2, -0.15) is 0 Å². The second-order valence-electron chi connectivity index (χ2n) is 26.5. The maximum atomic E-state index is 11.3. The SMILES string of the molecule is CCC(C)(C)CCCC1CC(CC2CCC(C3(CC(CCCC(O)C(C)CC4CCCC(C)C4)C(C)C(C)C)CC3)CC2)CC(CC2(C3CCC(C4CC4)CC3)CC2)C1. The Hall–Kier alpha value is -0.0400. The summed E-state index contributed by atoms with van der Waals surface area (Å²) in [6.45, 7) is 19.8. The lowest BCUT2D eigenvalue weighted by atomic mass is 9.63. The highest BCUT2D eigenvalue weighted by Crippen LogP contribution is 2.64. The Kier molecular flexibility index (Phi) is 16.6. The lowest BCUT2D eigenvalue weighted by Crippen LogP contribution is -2.31. The van der Waals surface area contributed by atoms with E-state index in [4.69, 9.17) is 0 Å². The fourth-order valence-corrected chi connectivity index (χ4v) is 16.0. The van der Waals surface area contributed by atoms with Gasteiger partial charge in [0.2, 0.25) is 0 Å². The second-order valence-corrected chi connectivity index (χ2v) is 26.5. The summed E-state index contributed by atoms with van der Waals surface area (Å²) in [6.07, 6.45) is 47.6. The van der Waals surface area contributed by atoms with Gasteiger partial charge in [-0.15, -0.1) is 0 Å². The van der Waals surface area contributed by atoms with E-state index in [0.29, 0.717) is 16.7 Å². The molecule has 0 aromatic carbocycles. The molecule has 0 radical (unpaired) electrons. The topological polar surface area (TPSA) is 20.2 Å². The molecule has 1 nitrogen and oxygen atoms in total. The molecule has 7 rings (SSSR count). The van der Waals surface area contributed by atoms with E-state index in [9.17, 15) is 5.11 Å². The Morgan fingerprint density at radius 2 is 1.24 bits per heavy atom. The van der Waals surface area contributed by atoms with Crippen molar-refractivity contribution in [3.05, 3.63) is 0 Å². The quantitative estimate of drug-likeness (QED) is 0.109. The molecule has 0 amide bonds. The van der Waals surface area contributed by atoms with Crippen molar-refractivity contribution in [2.24, 2.45) is 99.1 Å². The summed E-state index contributed by atoms with van der Waals surface area (Å²) in [5.41, 5.74) is 1.98. The van der Waals surface area contributed by atoms with Crippen LogP contribution in [0.5, 0.6) is 0 Å². The minimum atomic E-state index is -0.0956. The summed E-state index contributed by atoms with van der Waals surface area (Å²) in [7, 11) is 0. The van der Waals surface area contributed by atoms with E-state index in [1.807, 2.05) is 0 Å². The number of aliphatic hydroxyl groups excluding tert-OH is 1. The Morgan fingerprint density at radius 3 is 1.85 bits per heavy atom. The van der Waals surface area contributed by atoms with Crippen molar-refractivity contribution in [3.63, 3.8) is 0 Å². The molecule has 0 aliphatic heterocycles. The molecule has 7 aliphatic rings. The Bertz CT molecular complexity index is 1220. The van der Waals surface area contributed by atoms with Crippen LogP contribution in [0.4, 0.5) is 0 Å². The zero-order valence-corrected chi connectivity index (χ0v) is 41.2. The highest BCUT2D eigenvalue weighted by atomic mass is 16.3. The van der Waals surface area contributed by atoms with Gasteiger partial charge in [-0.1, -0.05) is 120 Å². The summed E-state index contributed by atoms with van der Waals surface area (Å²) in [5, 5.41) is 11.3. The lowest BCUT2D eigenvalue weighted by molar-refractivity contribution is 0.0751. The fourth-order valence-electron chi connectivity index (χ4n) is 16.0. The van der Waals surface area contributed by atoms with E-state index < -0.39 is 0 Å². The first-order valence-electron chi connectivity index (χ1n) is 27.9. The van der Waals surface area contributed by atoms with Gasteiger partial charge in [-0.05, 0) is 240 Å². The summed E-state index contributed by atoms with van der Waals surface area (Å²) < 4.78 is 0. The zero-order valence-electron chi connectivity index (χ0n) is 41.2. The number of aliphatic hydroxyl groups is 1. The Labute approximate surface area is 369 Å². The van der Waals surface area contributed by atoms with E-state index in [-0.39, 0.29) is 6.10 Å².